The first-order chi connectivity index (χ1) is 14.8. The molecule has 0 spiro atoms. The van der Waals surface area contributed by atoms with Crippen LogP contribution in [0.15, 0.2) is 88.2 Å². The van der Waals surface area contributed by atoms with Gasteiger partial charge in [0.2, 0.25) is 15.9 Å². The normalized spacial score (nSPS) is 12.5. The van der Waals surface area contributed by atoms with Crippen LogP contribution in [0.4, 0.5) is 4.39 Å². The minimum absolute atomic E-state index is 0.0593. The molecule has 0 saturated heterocycles. The van der Waals surface area contributed by atoms with Gasteiger partial charge < -0.3 is 5.32 Å². The van der Waals surface area contributed by atoms with Gasteiger partial charge in [-0.25, -0.2) is 12.8 Å². The number of carbonyl (C=O) groups is 1. The monoisotopic (exact) mass is 504 g/mol. The van der Waals surface area contributed by atoms with Crippen molar-refractivity contribution in [1.82, 2.24) is 9.62 Å². The summed E-state index contributed by atoms with van der Waals surface area (Å²) >= 11 is 3.40. The first-order valence-corrected chi connectivity index (χ1v) is 11.8. The van der Waals surface area contributed by atoms with Gasteiger partial charge in [-0.1, -0.05) is 58.4 Å². The Labute approximate surface area is 190 Å². The zero-order chi connectivity index (χ0) is 22.4. The number of halogens is 2. The highest BCUT2D eigenvalue weighted by molar-refractivity contribution is 9.10. The van der Waals surface area contributed by atoms with Crippen molar-refractivity contribution in [3.63, 3.8) is 0 Å². The summed E-state index contributed by atoms with van der Waals surface area (Å²) in [7, 11) is -3.94. The van der Waals surface area contributed by atoms with Gasteiger partial charge in [0.05, 0.1) is 17.5 Å². The van der Waals surface area contributed by atoms with E-state index < -0.39 is 21.7 Å². The molecule has 0 aliphatic rings. The van der Waals surface area contributed by atoms with Crippen LogP contribution in [0.1, 0.15) is 24.1 Å². The van der Waals surface area contributed by atoms with Crippen LogP contribution in [0.25, 0.3) is 0 Å². The van der Waals surface area contributed by atoms with Crippen molar-refractivity contribution in [3.8, 4) is 0 Å². The van der Waals surface area contributed by atoms with E-state index in [-0.39, 0.29) is 24.0 Å². The number of amides is 1. The van der Waals surface area contributed by atoms with E-state index in [1.807, 2.05) is 31.2 Å². The first kappa shape index (κ1) is 23.1. The SMILES string of the molecule is CC(NC(=O)CN(Cc1ccc(F)cc1)S(=O)(=O)c1ccccc1)c1cccc(Br)c1. The number of carbonyl (C=O) groups excluding carboxylic acids is 1. The third-order valence-corrected chi connectivity index (χ3v) is 7.00. The maximum absolute atomic E-state index is 13.3. The molecule has 3 aromatic rings. The molecule has 1 amide bonds. The average Bonchev–Trinajstić information content (AvgIpc) is 2.75. The van der Waals surface area contributed by atoms with Crippen molar-refractivity contribution in [2.45, 2.75) is 24.4 Å². The van der Waals surface area contributed by atoms with E-state index in [1.165, 1.54) is 36.4 Å². The molecule has 1 N–H and O–H groups in total. The maximum atomic E-state index is 13.3. The highest BCUT2D eigenvalue weighted by atomic mass is 79.9. The van der Waals surface area contributed by atoms with Crippen molar-refractivity contribution >= 4 is 31.9 Å². The summed E-state index contributed by atoms with van der Waals surface area (Å²) in [6, 6.07) is 20.7. The van der Waals surface area contributed by atoms with E-state index in [0.29, 0.717) is 5.56 Å². The molecular weight excluding hydrogens is 483 g/mol. The maximum Gasteiger partial charge on any atom is 0.243 e. The van der Waals surface area contributed by atoms with Gasteiger partial charge >= 0.3 is 0 Å². The van der Waals surface area contributed by atoms with Crippen LogP contribution in [0.2, 0.25) is 0 Å². The molecule has 1 unspecified atom stereocenters. The van der Waals surface area contributed by atoms with Gasteiger partial charge in [0.15, 0.2) is 0 Å². The standard InChI is InChI=1S/C23H22BrFN2O3S/c1-17(19-6-5-7-20(24)14-19)26-23(28)16-27(15-18-10-12-21(25)13-11-18)31(29,30)22-8-3-2-4-9-22/h2-14,17H,15-16H2,1H3,(H,26,28). The number of nitrogens with one attached hydrogen (secondary N) is 1. The van der Waals surface area contributed by atoms with E-state index in [1.54, 1.807) is 18.2 Å². The Hall–Kier alpha value is -2.55. The fraction of sp³-hybridized carbons (Fsp3) is 0.174. The molecule has 5 nitrogen and oxygen atoms in total. The van der Waals surface area contributed by atoms with Crippen LogP contribution in [-0.4, -0.2) is 25.2 Å². The molecule has 0 heterocycles. The largest absolute Gasteiger partial charge is 0.348 e. The van der Waals surface area contributed by atoms with E-state index in [9.17, 15) is 17.6 Å². The van der Waals surface area contributed by atoms with Crippen molar-refractivity contribution in [2.75, 3.05) is 6.54 Å². The lowest BCUT2D eigenvalue weighted by Crippen LogP contribution is -2.41. The molecule has 3 rings (SSSR count). The van der Waals surface area contributed by atoms with Crippen LogP contribution >= 0.6 is 15.9 Å². The topological polar surface area (TPSA) is 66.5 Å². The lowest BCUT2D eigenvalue weighted by molar-refractivity contribution is -0.122. The summed E-state index contributed by atoms with van der Waals surface area (Å²) in [6.07, 6.45) is 0. The molecule has 31 heavy (non-hydrogen) atoms. The minimum Gasteiger partial charge on any atom is -0.348 e. The summed E-state index contributed by atoms with van der Waals surface area (Å²) in [5, 5.41) is 2.85. The molecule has 0 fully saturated rings. The Morgan fingerprint density at radius 2 is 1.71 bits per heavy atom. The number of nitrogens with zero attached hydrogens (tertiary/aromatic N) is 1. The van der Waals surface area contributed by atoms with Crippen LogP contribution in [-0.2, 0) is 21.4 Å². The van der Waals surface area contributed by atoms with Gasteiger partial charge in [-0.2, -0.15) is 4.31 Å². The Morgan fingerprint density at radius 3 is 2.35 bits per heavy atom. The summed E-state index contributed by atoms with van der Waals surface area (Å²) in [4.78, 5) is 12.8. The smallest absolute Gasteiger partial charge is 0.243 e. The Bertz CT molecular complexity index is 1140. The summed E-state index contributed by atoms with van der Waals surface area (Å²) in [6.45, 7) is 1.40. The fourth-order valence-corrected chi connectivity index (χ4v) is 4.89. The summed E-state index contributed by atoms with van der Waals surface area (Å²) < 4.78 is 41.7. The molecular formula is C23H22BrFN2O3S. The second-order valence-electron chi connectivity index (χ2n) is 7.06. The molecule has 162 valence electrons. The minimum atomic E-state index is -3.94. The lowest BCUT2D eigenvalue weighted by atomic mass is 10.1. The Balaban J connectivity index is 1.82. The highest BCUT2D eigenvalue weighted by Gasteiger charge is 2.27. The third-order valence-electron chi connectivity index (χ3n) is 4.70. The highest BCUT2D eigenvalue weighted by Crippen LogP contribution is 2.20. The number of rotatable bonds is 8. The van der Waals surface area contributed by atoms with Crippen molar-refractivity contribution in [1.29, 1.82) is 0 Å². The Kier molecular flexibility index (Phi) is 7.59. The predicted molar refractivity (Wildman–Crippen MR) is 121 cm³/mol. The molecule has 0 aliphatic carbocycles. The molecule has 0 aromatic heterocycles. The van der Waals surface area contributed by atoms with E-state index in [4.69, 9.17) is 0 Å². The molecule has 0 aliphatic heterocycles. The third kappa shape index (κ3) is 6.22. The zero-order valence-electron chi connectivity index (χ0n) is 16.8. The van der Waals surface area contributed by atoms with Crippen molar-refractivity contribution in [3.05, 3.63) is 100 Å². The van der Waals surface area contributed by atoms with Crippen LogP contribution in [0, 0.1) is 5.82 Å². The van der Waals surface area contributed by atoms with Gasteiger partial charge in [-0.3, -0.25) is 4.79 Å². The lowest BCUT2D eigenvalue weighted by Gasteiger charge is -2.23. The second kappa shape index (κ2) is 10.2. The van der Waals surface area contributed by atoms with Crippen molar-refractivity contribution < 1.29 is 17.6 Å². The summed E-state index contributed by atoms with van der Waals surface area (Å²) in [5.74, 6) is -0.851. The van der Waals surface area contributed by atoms with E-state index >= 15 is 0 Å². The van der Waals surface area contributed by atoms with E-state index in [2.05, 4.69) is 21.2 Å². The molecule has 0 radical (unpaired) electrons. The van der Waals surface area contributed by atoms with Gasteiger partial charge in [-0.05, 0) is 54.4 Å². The molecule has 0 saturated carbocycles. The Morgan fingerprint density at radius 1 is 1.03 bits per heavy atom. The second-order valence-corrected chi connectivity index (χ2v) is 9.91. The average molecular weight is 505 g/mol. The quantitative estimate of drug-likeness (QED) is 0.485. The van der Waals surface area contributed by atoms with Gasteiger partial charge in [0, 0.05) is 11.0 Å². The van der Waals surface area contributed by atoms with Crippen LogP contribution < -0.4 is 5.32 Å². The zero-order valence-corrected chi connectivity index (χ0v) is 19.2. The molecule has 3 aromatic carbocycles. The van der Waals surface area contributed by atoms with Gasteiger partial charge in [-0.15, -0.1) is 0 Å². The number of sulfonamides is 1. The van der Waals surface area contributed by atoms with Crippen LogP contribution in [0.5, 0.6) is 0 Å². The van der Waals surface area contributed by atoms with E-state index in [0.717, 1.165) is 14.3 Å². The predicted octanol–water partition coefficient (Wildman–Crippen LogP) is 4.66. The van der Waals surface area contributed by atoms with Gasteiger partial charge in [0.1, 0.15) is 5.82 Å². The van der Waals surface area contributed by atoms with Gasteiger partial charge in [0.25, 0.3) is 0 Å². The van der Waals surface area contributed by atoms with Crippen LogP contribution in [0.3, 0.4) is 0 Å². The fourth-order valence-electron chi connectivity index (χ4n) is 3.07. The number of hydrogen-bond acceptors (Lipinski definition) is 3. The molecule has 8 heteroatoms. The molecule has 0 bridgehead atoms. The summed E-state index contributed by atoms with van der Waals surface area (Å²) in [5.41, 5.74) is 1.47. The number of benzene rings is 3. The van der Waals surface area contributed by atoms with Crippen molar-refractivity contribution in [2.24, 2.45) is 0 Å². The molecule has 1 atom stereocenters. The number of hydrogen-bond donors (Lipinski definition) is 1. The first-order valence-electron chi connectivity index (χ1n) is 9.60.